The SMILES string of the molecule is O=C(CSc1ccc(F)cc1F)N(C1CCCC1)C1CCS(=O)(=O)C1. The highest BCUT2D eigenvalue weighted by Gasteiger charge is 2.38. The molecule has 0 spiro atoms. The number of sulfone groups is 1. The normalized spacial score (nSPS) is 23.0. The Bertz CT molecular complexity index is 748. The minimum absolute atomic E-state index is 0.0187. The minimum atomic E-state index is -3.08. The lowest BCUT2D eigenvalue weighted by Crippen LogP contribution is -2.47. The molecule has 0 bridgehead atoms. The van der Waals surface area contributed by atoms with Crippen molar-refractivity contribution < 1.29 is 22.0 Å². The highest BCUT2D eigenvalue weighted by Crippen LogP contribution is 2.31. The summed E-state index contributed by atoms with van der Waals surface area (Å²) in [5.41, 5.74) is 0. The molecule has 1 aliphatic carbocycles. The van der Waals surface area contributed by atoms with Gasteiger partial charge in [-0.1, -0.05) is 12.8 Å². The van der Waals surface area contributed by atoms with Crippen LogP contribution >= 0.6 is 11.8 Å². The lowest BCUT2D eigenvalue weighted by atomic mass is 10.1. The van der Waals surface area contributed by atoms with Crippen molar-refractivity contribution in [2.24, 2.45) is 0 Å². The van der Waals surface area contributed by atoms with Gasteiger partial charge in [-0.05, 0) is 31.4 Å². The van der Waals surface area contributed by atoms with E-state index in [1.54, 1.807) is 4.90 Å². The Morgan fingerprint density at radius 3 is 2.48 bits per heavy atom. The topological polar surface area (TPSA) is 54.5 Å². The Morgan fingerprint density at radius 1 is 1.16 bits per heavy atom. The summed E-state index contributed by atoms with van der Waals surface area (Å²) in [7, 11) is -3.08. The third-order valence-corrected chi connectivity index (χ3v) is 7.64. The molecule has 1 aliphatic heterocycles. The smallest absolute Gasteiger partial charge is 0.233 e. The minimum Gasteiger partial charge on any atom is -0.335 e. The van der Waals surface area contributed by atoms with E-state index >= 15 is 0 Å². The van der Waals surface area contributed by atoms with Crippen LogP contribution in [0.2, 0.25) is 0 Å². The van der Waals surface area contributed by atoms with Crippen LogP contribution in [0.1, 0.15) is 32.1 Å². The Balaban J connectivity index is 1.70. The van der Waals surface area contributed by atoms with Crippen LogP contribution < -0.4 is 0 Å². The zero-order chi connectivity index (χ0) is 18.0. The van der Waals surface area contributed by atoms with Gasteiger partial charge in [0.25, 0.3) is 0 Å². The summed E-state index contributed by atoms with van der Waals surface area (Å²) >= 11 is 1.03. The molecule has 25 heavy (non-hydrogen) atoms. The van der Waals surface area contributed by atoms with E-state index in [0.29, 0.717) is 6.42 Å². The largest absolute Gasteiger partial charge is 0.335 e. The van der Waals surface area contributed by atoms with Gasteiger partial charge in [0.2, 0.25) is 5.91 Å². The van der Waals surface area contributed by atoms with Crippen molar-refractivity contribution in [3.63, 3.8) is 0 Å². The summed E-state index contributed by atoms with van der Waals surface area (Å²) in [6.45, 7) is 0. The van der Waals surface area contributed by atoms with Crippen LogP contribution in [0, 0.1) is 11.6 Å². The number of benzene rings is 1. The molecule has 2 aliphatic rings. The van der Waals surface area contributed by atoms with Crippen molar-refractivity contribution in [2.75, 3.05) is 17.3 Å². The Morgan fingerprint density at radius 2 is 1.88 bits per heavy atom. The molecule has 1 aromatic rings. The van der Waals surface area contributed by atoms with E-state index in [2.05, 4.69) is 0 Å². The number of carbonyl (C=O) groups is 1. The fourth-order valence-corrected chi connectivity index (χ4v) is 6.19. The molecule has 8 heteroatoms. The molecule has 1 atom stereocenters. The van der Waals surface area contributed by atoms with Crippen molar-refractivity contribution in [3.8, 4) is 0 Å². The van der Waals surface area contributed by atoms with Gasteiger partial charge in [-0.15, -0.1) is 11.8 Å². The lowest BCUT2D eigenvalue weighted by molar-refractivity contribution is -0.132. The van der Waals surface area contributed by atoms with E-state index in [1.165, 1.54) is 6.07 Å². The summed E-state index contributed by atoms with van der Waals surface area (Å²) in [5.74, 6) is -1.35. The predicted octanol–water partition coefficient (Wildman–Crippen LogP) is 3.02. The number of carbonyl (C=O) groups excluding carboxylic acids is 1. The molecule has 1 saturated heterocycles. The third kappa shape index (κ3) is 4.53. The van der Waals surface area contributed by atoms with Crippen molar-refractivity contribution in [2.45, 2.75) is 49.1 Å². The summed E-state index contributed by atoms with van der Waals surface area (Å²) < 4.78 is 50.3. The second kappa shape index (κ2) is 7.61. The van der Waals surface area contributed by atoms with E-state index in [4.69, 9.17) is 0 Å². The van der Waals surface area contributed by atoms with E-state index in [1.807, 2.05) is 0 Å². The molecule has 1 heterocycles. The molecule has 0 N–H and O–H groups in total. The van der Waals surface area contributed by atoms with E-state index in [-0.39, 0.29) is 40.1 Å². The van der Waals surface area contributed by atoms with Crippen LogP contribution in [0.3, 0.4) is 0 Å². The van der Waals surface area contributed by atoms with Gasteiger partial charge in [0.15, 0.2) is 9.84 Å². The highest BCUT2D eigenvalue weighted by molar-refractivity contribution is 8.00. The van der Waals surface area contributed by atoms with Crippen LogP contribution in [0.15, 0.2) is 23.1 Å². The number of nitrogens with zero attached hydrogens (tertiary/aromatic N) is 1. The van der Waals surface area contributed by atoms with E-state index in [9.17, 15) is 22.0 Å². The average molecular weight is 389 g/mol. The number of rotatable bonds is 5. The van der Waals surface area contributed by atoms with Gasteiger partial charge in [-0.3, -0.25) is 4.79 Å². The molecule has 4 nitrogen and oxygen atoms in total. The first-order valence-corrected chi connectivity index (χ1v) is 11.3. The first-order chi connectivity index (χ1) is 11.9. The predicted molar refractivity (Wildman–Crippen MR) is 93.2 cm³/mol. The summed E-state index contributed by atoms with van der Waals surface area (Å²) in [4.78, 5) is 14.8. The van der Waals surface area contributed by atoms with Gasteiger partial charge >= 0.3 is 0 Å². The molecule has 2 fully saturated rings. The van der Waals surface area contributed by atoms with Gasteiger partial charge in [0.1, 0.15) is 11.6 Å². The quantitative estimate of drug-likeness (QED) is 0.727. The maximum Gasteiger partial charge on any atom is 0.233 e. The second-order valence-electron chi connectivity index (χ2n) is 6.66. The Labute approximate surface area is 150 Å². The maximum atomic E-state index is 13.7. The van der Waals surface area contributed by atoms with Crippen LogP contribution in [-0.4, -0.2) is 48.6 Å². The van der Waals surface area contributed by atoms with Crippen molar-refractivity contribution >= 4 is 27.5 Å². The zero-order valence-electron chi connectivity index (χ0n) is 13.8. The molecule has 1 amide bonds. The number of halogens is 2. The van der Waals surface area contributed by atoms with E-state index in [0.717, 1.165) is 49.6 Å². The van der Waals surface area contributed by atoms with Gasteiger partial charge in [0, 0.05) is 23.0 Å². The van der Waals surface area contributed by atoms with Crippen molar-refractivity contribution in [1.82, 2.24) is 4.90 Å². The average Bonchev–Trinajstić information content (AvgIpc) is 3.17. The Kier molecular flexibility index (Phi) is 5.68. The summed E-state index contributed by atoms with van der Waals surface area (Å²) in [6, 6.07) is 3.07. The zero-order valence-corrected chi connectivity index (χ0v) is 15.4. The number of hydrogen-bond acceptors (Lipinski definition) is 4. The number of amides is 1. The molecule has 0 radical (unpaired) electrons. The van der Waals surface area contributed by atoms with Gasteiger partial charge in [0.05, 0.1) is 17.3 Å². The highest BCUT2D eigenvalue weighted by atomic mass is 32.2. The van der Waals surface area contributed by atoms with Crippen LogP contribution in [-0.2, 0) is 14.6 Å². The molecule has 1 unspecified atom stereocenters. The van der Waals surface area contributed by atoms with Gasteiger partial charge in [-0.25, -0.2) is 17.2 Å². The fraction of sp³-hybridized carbons (Fsp3) is 0.588. The molecular formula is C17H21F2NO3S2. The first-order valence-electron chi connectivity index (χ1n) is 8.45. The monoisotopic (exact) mass is 389 g/mol. The fourth-order valence-electron chi connectivity index (χ4n) is 3.69. The van der Waals surface area contributed by atoms with Crippen LogP contribution in [0.25, 0.3) is 0 Å². The first kappa shape index (κ1) is 18.6. The summed E-state index contributed by atoms with van der Waals surface area (Å²) in [5, 5.41) is 0. The molecular weight excluding hydrogens is 368 g/mol. The Hall–Kier alpha value is -1.15. The molecule has 138 valence electrons. The molecule has 0 aromatic heterocycles. The maximum absolute atomic E-state index is 13.7. The standard InChI is InChI=1S/C17H21F2NO3S2/c18-12-5-6-16(15(19)9-12)24-10-17(21)20(13-3-1-2-4-13)14-7-8-25(22,23)11-14/h5-6,9,13-14H,1-4,7-8,10-11H2. The number of hydrogen-bond donors (Lipinski definition) is 0. The molecule has 3 rings (SSSR count). The van der Waals surface area contributed by atoms with Gasteiger partial charge < -0.3 is 4.90 Å². The lowest BCUT2D eigenvalue weighted by Gasteiger charge is -2.34. The van der Waals surface area contributed by atoms with Gasteiger partial charge in [-0.2, -0.15) is 0 Å². The van der Waals surface area contributed by atoms with E-state index < -0.39 is 21.5 Å². The van der Waals surface area contributed by atoms with Crippen molar-refractivity contribution in [1.29, 1.82) is 0 Å². The van der Waals surface area contributed by atoms with Crippen LogP contribution in [0.4, 0.5) is 8.78 Å². The number of thioether (sulfide) groups is 1. The second-order valence-corrected chi connectivity index (χ2v) is 9.91. The molecule has 1 aromatic carbocycles. The summed E-state index contributed by atoms with van der Waals surface area (Å²) in [6.07, 6.45) is 4.32. The molecule has 1 saturated carbocycles. The third-order valence-electron chi connectivity index (χ3n) is 4.85. The van der Waals surface area contributed by atoms with Crippen LogP contribution in [0.5, 0.6) is 0 Å². The van der Waals surface area contributed by atoms with Crippen molar-refractivity contribution in [3.05, 3.63) is 29.8 Å².